The van der Waals surface area contributed by atoms with Crippen LogP contribution in [0.15, 0.2) is 56.3 Å². The highest BCUT2D eigenvalue weighted by atomic mass is 79.9. The summed E-state index contributed by atoms with van der Waals surface area (Å²) in [7, 11) is -3.68. The summed E-state index contributed by atoms with van der Waals surface area (Å²) in [5, 5.41) is 8.31. The Bertz CT molecular complexity index is 716. The van der Waals surface area contributed by atoms with Gasteiger partial charge in [-0.25, -0.2) is 13.6 Å². The minimum Gasteiger partial charge on any atom is -0.380 e. The van der Waals surface area contributed by atoms with E-state index in [9.17, 15) is 8.42 Å². The maximum Gasteiger partial charge on any atom is 0.238 e. The van der Waals surface area contributed by atoms with Crippen molar-refractivity contribution in [1.29, 1.82) is 0 Å². The van der Waals surface area contributed by atoms with E-state index in [1.165, 1.54) is 12.1 Å². The predicted octanol–water partition coefficient (Wildman–Crippen LogP) is 3.47. The smallest absolute Gasteiger partial charge is 0.238 e. The first-order chi connectivity index (χ1) is 9.36. The Hall–Kier alpha value is -0.890. The summed E-state index contributed by atoms with van der Waals surface area (Å²) in [6, 6.07) is 12.6. The Labute approximate surface area is 134 Å². The van der Waals surface area contributed by atoms with Crippen molar-refractivity contribution < 1.29 is 8.42 Å². The van der Waals surface area contributed by atoms with E-state index in [4.69, 9.17) is 5.14 Å². The number of halogens is 2. The summed E-state index contributed by atoms with van der Waals surface area (Å²) >= 11 is 6.72. The van der Waals surface area contributed by atoms with Gasteiger partial charge in [0.2, 0.25) is 10.0 Å². The highest BCUT2D eigenvalue weighted by Gasteiger charge is 2.10. The predicted molar refractivity (Wildman–Crippen MR) is 87.0 cm³/mol. The van der Waals surface area contributed by atoms with Crippen LogP contribution in [0.4, 0.5) is 5.69 Å². The Balaban J connectivity index is 2.12. The van der Waals surface area contributed by atoms with Crippen LogP contribution in [0.1, 0.15) is 5.56 Å². The van der Waals surface area contributed by atoms with Gasteiger partial charge in [-0.2, -0.15) is 0 Å². The van der Waals surface area contributed by atoms with Crippen molar-refractivity contribution in [3.8, 4) is 0 Å². The lowest BCUT2D eigenvalue weighted by molar-refractivity contribution is 0.598. The van der Waals surface area contributed by atoms with Gasteiger partial charge in [0, 0.05) is 21.2 Å². The lowest BCUT2D eigenvalue weighted by Crippen LogP contribution is -2.12. The number of primary sulfonamides is 1. The van der Waals surface area contributed by atoms with Crippen LogP contribution >= 0.6 is 31.9 Å². The molecule has 0 radical (unpaired) electrons. The van der Waals surface area contributed by atoms with Crippen molar-refractivity contribution >= 4 is 47.6 Å². The van der Waals surface area contributed by atoms with Crippen LogP contribution < -0.4 is 10.5 Å². The SMILES string of the molecule is NS(=O)(=O)c1ccc(NCc2ccc(Br)cc2)c(Br)c1. The molecule has 2 rings (SSSR count). The van der Waals surface area contributed by atoms with Gasteiger partial charge in [-0.05, 0) is 51.8 Å². The molecule has 20 heavy (non-hydrogen) atoms. The molecule has 0 aromatic heterocycles. The summed E-state index contributed by atoms with van der Waals surface area (Å²) in [5.74, 6) is 0. The summed E-state index contributed by atoms with van der Waals surface area (Å²) in [5.41, 5.74) is 1.93. The first kappa shape index (κ1) is 15.5. The third kappa shape index (κ3) is 4.05. The number of hydrogen-bond donors (Lipinski definition) is 2. The molecular weight excluding hydrogens is 408 g/mol. The average Bonchev–Trinajstić information content (AvgIpc) is 2.38. The molecule has 2 aromatic rings. The molecule has 0 unspecified atom stereocenters. The van der Waals surface area contributed by atoms with Crippen molar-refractivity contribution in [2.75, 3.05) is 5.32 Å². The Morgan fingerprint density at radius 2 is 1.70 bits per heavy atom. The van der Waals surface area contributed by atoms with Crippen LogP contribution in [0, 0.1) is 0 Å². The molecule has 0 atom stereocenters. The fourth-order valence-corrected chi connectivity index (χ4v) is 3.09. The summed E-state index contributed by atoms with van der Waals surface area (Å²) < 4.78 is 24.2. The quantitative estimate of drug-likeness (QED) is 0.796. The van der Waals surface area contributed by atoms with E-state index in [0.717, 1.165) is 15.7 Å². The van der Waals surface area contributed by atoms with Gasteiger partial charge in [-0.3, -0.25) is 0 Å². The fourth-order valence-electron chi connectivity index (χ4n) is 1.62. The van der Waals surface area contributed by atoms with Crippen LogP contribution in [-0.4, -0.2) is 8.42 Å². The molecular formula is C13H12Br2N2O2S. The zero-order valence-corrected chi connectivity index (χ0v) is 14.3. The molecule has 0 aliphatic rings. The minimum atomic E-state index is -3.68. The van der Waals surface area contributed by atoms with Crippen molar-refractivity contribution in [2.24, 2.45) is 5.14 Å². The van der Waals surface area contributed by atoms with Gasteiger partial charge < -0.3 is 5.32 Å². The molecule has 0 heterocycles. The van der Waals surface area contributed by atoms with E-state index in [1.54, 1.807) is 6.07 Å². The van der Waals surface area contributed by atoms with E-state index in [0.29, 0.717) is 11.0 Å². The molecule has 2 aromatic carbocycles. The highest BCUT2D eigenvalue weighted by Crippen LogP contribution is 2.25. The molecule has 7 heteroatoms. The van der Waals surface area contributed by atoms with Gasteiger partial charge in [0.15, 0.2) is 0 Å². The maximum atomic E-state index is 11.2. The Morgan fingerprint density at radius 1 is 1.05 bits per heavy atom. The lowest BCUT2D eigenvalue weighted by Gasteiger charge is -2.10. The van der Waals surface area contributed by atoms with Crippen molar-refractivity contribution in [3.63, 3.8) is 0 Å². The fraction of sp³-hybridized carbons (Fsp3) is 0.0769. The van der Waals surface area contributed by atoms with E-state index in [2.05, 4.69) is 37.2 Å². The van der Waals surface area contributed by atoms with Crippen LogP contribution in [0.25, 0.3) is 0 Å². The van der Waals surface area contributed by atoms with E-state index < -0.39 is 10.0 Å². The zero-order valence-electron chi connectivity index (χ0n) is 10.3. The molecule has 0 saturated carbocycles. The van der Waals surface area contributed by atoms with Crippen LogP contribution in [0.5, 0.6) is 0 Å². The largest absolute Gasteiger partial charge is 0.380 e. The van der Waals surface area contributed by atoms with Crippen molar-refractivity contribution in [3.05, 3.63) is 57.0 Å². The number of anilines is 1. The Morgan fingerprint density at radius 3 is 2.25 bits per heavy atom. The standard InChI is InChI=1S/C13H12Br2N2O2S/c14-10-3-1-9(2-4-10)8-17-13-6-5-11(7-12(13)15)20(16,18)19/h1-7,17H,8H2,(H2,16,18,19). The highest BCUT2D eigenvalue weighted by molar-refractivity contribution is 9.10. The second-order valence-electron chi connectivity index (χ2n) is 4.17. The van der Waals surface area contributed by atoms with Gasteiger partial charge in [-0.15, -0.1) is 0 Å². The molecule has 0 fully saturated rings. The monoisotopic (exact) mass is 418 g/mol. The van der Waals surface area contributed by atoms with Gasteiger partial charge in [0.05, 0.1) is 4.90 Å². The first-order valence-corrected chi connectivity index (χ1v) is 8.80. The van der Waals surface area contributed by atoms with Crippen molar-refractivity contribution in [2.45, 2.75) is 11.4 Å². The Kier molecular flexibility index (Phi) is 4.85. The molecule has 106 valence electrons. The molecule has 3 N–H and O–H groups in total. The second kappa shape index (κ2) is 6.26. The van der Waals surface area contributed by atoms with Gasteiger partial charge in [0.1, 0.15) is 0 Å². The number of sulfonamides is 1. The van der Waals surface area contributed by atoms with Gasteiger partial charge in [-0.1, -0.05) is 28.1 Å². The van der Waals surface area contributed by atoms with Crippen LogP contribution in [0.2, 0.25) is 0 Å². The minimum absolute atomic E-state index is 0.0820. The molecule has 0 aliphatic heterocycles. The number of hydrogen-bond acceptors (Lipinski definition) is 3. The van der Waals surface area contributed by atoms with Crippen LogP contribution in [-0.2, 0) is 16.6 Å². The van der Waals surface area contributed by atoms with E-state index in [1.807, 2.05) is 24.3 Å². The summed E-state index contributed by atoms with van der Waals surface area (Å²) in [4.78, 5) is 0.0820. The van der Waals surface area contributed by atoms with E-state index in [-0.39, 0.29) is 4.90 Å². The molecule has 0 amide bonds. The maximum absolute atomic E-state index is 11.2. The zero-order chi connectivity index (χ0) is 14.8. The van der Waals surface area contributed by atoms with Crippen LogP contribution in [0.3, 0.4) is 0 Å². The topological polar surface area (TPSA) is 72.2 Å². The molecule has 0 spiro atoms. The molecule has 0 aliphatic carbocycles. The van der Waals surface area contributed by atoms with Gasteiger partial charge in [0.25, 0.3) is 0 Å². The van der Waals surface area contributed by atoms with Crippen molar-refractivity contribution in [1.82, 2.24) is 0 Å². The number of rotatable bonds is 4. The van der Waals surface area contributed by atoms with E-state index >= 15 is 0 Å². The first-order valence-electron chi connectivity index (χ1n) is 5.67. The number of benzene rings is 2. The lowest BCUT2D eigenvalue weighted by atomic mass is 10.2. The van der Waals surface area contributed by atoms with Gasteiger partial charge >= 0.3 is 0 Å². The normalized spacial score (nSPS) is 11.3. The second-order valence-corrected chi connectivity index (χ2v) is 7.50. The third-order valence-electron chi connectivity index (χ3n) is 2.67. The number of nitrogens with one attached hydrogen (secondary N) is 1. The molecule has 0 bridgehead atoms. The molecule has 0 saturated heterocycles. The third-order valence-corrected chi connectivity index (χ3v) is 4.76. The average molecular weight is 420 g/mol. The number of nitrogens with two attached hydrogens (primary N) is 1. The molecule has 4 nitrogen and oxygen atoms in total. The summed E-state index contributed by atoms with van der Waals surface area (Å²) in [6.07, 6.45) is 0. The summed E-state index contributed by atoms with van der Waals surface area (Å²) in [6.45, 7) is 0.639.